The maximum Gasteiger partial charge on any atom is 0.343 e. The minimum absolute atomic E-state index is 0.00634. The van der Waals surface area contributed by atoms with Gasteiger partial charge in [0, 0.05) is 6.07 Å². The van der Waals surface area contributed by atoms with Gasteiger partial charge in [-0.1, -0.05) is 12.1 Å². The van der Waals surface area contributed by atoms with E-state index in [9.17, 15) is 9.59 Å². The number of urea groups is 1. The zero-order chi connectivity index (χ0) is 12.7. The molecule has 0 aliphatic rings. The largest absolute Gasteiger partial charge is 0.464 e. The molecule has 0 spiro atoms. The van der Waals surface area contributed by atoms with Crippen molar-refractivity contribution in [2.24, 2.45) is 11.7 Å². The molecule has 0 radical (unpaired) electrons. The highest BCUT2D eigenvalue weighted by atomic mass is 16.3. The third-order valence-electron chi connectivity index (χ3n) is 1.83. The zero-order valence-corrected chi connectivity index (χ0v) is 8.84. The van der Waals surface area contributed by atoms with Crippen LogP contribution >= 0.6 is 0 Å². The number of fused-ring (bicyclic) bond motifs is 1. The van der Waals surface area contributed by atoms with Crippen LogP contribution in [0.4, 0.5) is 4.79 Å². The summed E-state index contributed by atoms with van der Waals surface area (Å²) in [6.07, 6.45) is 1.41. The minimum Gasteiger partial charge on any atom is -0.464 e. The van der Waals surface area contributed by atoms with E-state index in [1.54, 1.807) is 23.0 Å². The fraction of sp³-hybridized carbons (Fsp3) is 0. The Kier molecular flexibility index (Phi) is 4.67. The molecule has 2 amide bonds. The zero-order valence-electron chi connectivity index (χ0n) is 8.84. The van der Waals surface area contributed by atoms with Gasteiger partial charge < -0.3 is 4.42 Å². The molecule has 0 aliphatic carbocycles. The molecule has 90 valence electrons. The van der Waals surface area contributed by atoms with Crippen molar-refractivity contribution >= 4 is 17.0 Å². The number of nitrogens with one attached hydrogen (secondary N) is 2. The quantitative estimate of drug-likeness (QED) is 0.287. The molecule has 2 aromatic rings. The molecule has 7 nitrogen and oxygen atoms in total. The van der Waals surface area contributed by atoms with Crippen LogP contribution in [0.25, 0.3) is 11.0 Å². The number of carbonyl (C=O) groups excluding carboxylic acids is 1. The Hall–Kier alpha value is -2.38. The van der Waals surface area contributed by atoms with Crippen molar-refractivity contribution in [3.8, 4) is 0 Å². The first-order chi connectivity index (χ1) is 8.19. The number of amides is 2. The lowest BCUT2D eigenvalue weighted by Crippen LogP contribution is -2.43. The summed E-state index contributed by atoms with van der Waals surface area (Å²) in [6, 6.07) is 8.00. The van der Waals surface area contributed by atoms with Crippen molar-refractivity contribution in [1.82, 2.24) is 10.9 Å². The van der Waals surface area contributed by atoms with Gasteiger partial charge in [0.05, 0.1) is 11.6 Å². The first-order valence-corrected chi connectivity index (χ1v) is 4.62. The second-order valence-corrected chi connectivity index (χ2v) is 2.90. The van der Waals surface area contributed by atoms with E-state index in [0.717, 1.165) is 0 Å². The molecule has 0 aliphatic heterocycles. The van der Waals surface area contributed by atoms with Crippen LogP contribution in [0.3, 0.4) is 0 Å². The second-order valence-electron chi connectivity index (χ2n) is 2.90. The van der Waals surface area contributed by atoms with E-state index in [-0.39, 0.29) is 5.43 Å². The molecule has 0 unspecified atom stereocenters. The lowest BCUT2D eigenvalue weighted by molar-refractivity contribution is 0.241. The van der Waals surface area contributed by atoms with E-state index in [2.05, 4.69) is 11.7 Å². The van der Waals surface area contributed by atoms with E-state index < -0.39 is 6.03 Å². The molecule has 2 rings (SSSR count). The SMILES string of the molecule is NNC(=O)NN.O=c1ccoc2ccccc12. The number of nitrogens with two attached hydrogens (primary N) is 2. The maximum absolute atomic E-state index is 11.1. The van der Waals surface area contributed by atoms with Crippen LogP contribution in [0.1, 0.15) is 0 Å². The summed E-state index contributed by atoms with van der Waals surface area (Å²) < 4.78 is 5.09. The number of hydrazine groups is 2. The lowest BCUT2D eigenvalue weighted by Gasteiger charge is -1.91. The molecule has 1 aromatic carbocycles. The molecule has 1 aromatic heterocycles. The minimum atomic E-state index is -0.602. The third kappa shape index (κ3) is 3.59. The fourth-order valence-electron chi connectivity index (χ4n) is 1.07. The highest BCUT2D eigenvalue weighted by molar-refractivity contribution is 5.75. The smallest absolute Gasteiger partial charge is 0.343 e. The first-order valence-electron chi connectivity index (χ1n) is 4.62. The van der Waals surface area contributed by atoms with E-state index in [1.807, 2.05) is 12.1 Å². The molecule has 0 saturated heterocycles. The van der Waals surface area contributed by atoms with Crippen LogP contribution in [0.2, 0.25) is 0 Å². The van der Waals surface area contributed by atoms with Crippen molar-refractivity contribution in [2.45, 2.75) is 0 Å². The van der Waals surface area contributed by atoms with Gasteiger partial charge >= 0.3 is 6.03 Å². The first kappa shape index (κ1) is 12.7. The van der Waals surface area contributed by atoms with E-state index in [4.69, 9.17) is 4.42 Å². The Morgan fingerprint density at radius 3 is 2.29 bits per heavy atom. The van der Waals surface area contributed by atoms with Gasteiger partial charge in [-0.15, -0.1) is 0 Å². The van der Waals surface area contributed by atoms with Crippen LogP contribution in [0.15, 0.2) is 45.8 Å². The van der Waals surface area contributed by atoms with E-state index >= 15 is 0 Å². The third-order valence-corrected chi connectivity index (χ3v) is 1.83. The molecular weight excluding hydrogens is 224 g/mol. The second kappa shape index (κ2) is 6.26. The number of para-hydroxylation sites is 1. The molecule has 17 heavy (non-hydrogen) atoms. The molecule has 1 heterocycles. The van der Waals surface area contributed by atoms with Gasteiger partial charge in [0.25, 0.3) is 0 Å². The van der Waals surface area contributed by atoms with Crippen LogP contribution < -0.4 is 28.0 Å². The van der Waals surface area contributed by atoms with E-state index in [1.165, 1.54) is 12.3 Å². The van der Waals surface area contributed by atoms with Crippen LogP contribution in [-0.4, -0.2) is 6.03 Å². The standard InChI is InChI=1S/C9H6O2.CH6N4O/c10-8-5-6-11-9-4-2-1-3-7(8)9;2-4-1(6)5-3/h1-6H;2-3H2,(H2,4,5,6). The summed E-state index contributed by atoms with van der Waals surface area (Å²) in [5.41, 5.74) is 4.12. The number of rotatable bonds is 0. The van der Waals surface area contributed by atoms with Gasteiger partial charge in [0.2, 0.25) is 0 Å². The van der Waals surface area contributed by atoms with Gasteiger partial charge in [-0.25, -0.2) is 16.5 Å². The summed E-state index contributed by atoms with van der Waals surface area (Å²) in [5, 5.41) is 0.634. The summed E-state index contributed by atoms with van der Waals surface area (Å²) in [6.45, 7) is 0. The van der Waals surface area contributed by atoms with Crippen molar-refractivity contribution in [3.63, 3.8) is 0 Å². The molecule has 7 heteroatoms. The van der Waals surface area contributed by atoms with Gasteiger partial charge in [-0.05, 0) is 12.1 Å². The Bertz CT molecular complexity index is 541. The average molecular weight is 236 g/mol. The fourth-order valence-corrected chi connectivity index (χ4v) is 1.07. The van der Waals surface area contributed by atoms with Gasteiger partial charge in [0.15, 0.2) is 5.43 Å². The topological polar surface area (TPSA) is 123 Å². The summed E-state index contributed by atoms with van der Waals surface area (Å²) in [4.78, 5) is 20.8. The summed E-state index contributed by atoms with van der Waals surface area (Å²) in [5.74, 6) is 9.08. The maximum atomic E-state index is 11.1. The summed E-state index contributed by atoms with van der Waals surface area (Å²) in [7, 11) is 0. The predicted molar refractivity (Wildman–Crippen MR) is 62.5 cm³/mol. The number of carbonyl (C=O) groups is 1. The molecule has 0 fully saturated rings. The van der Waals surface area contributed by atoms with Crippen molar-refractivity contribution in [3.05, 3.63) is 46.8 Å². The molecule has 0 saturated carbocycles. The monoisotopic (exact) mass is 236 g/mol. The van der Waals surface area contributed by atoms with Gasteiger partial charge in [-0.3, -0.25) is 15.6 Å². The van der Waals surface area contributed by atoms with Crippen LogP contribution in [0.5, 0.6) is 0 Å². The van der Waals surface area contributed by atoms with Gasteiger partial charge in [-0.2, -0.15) is 0 Å². The van der Waals surface area contributed by atoms with Crippen molar-refractivity contribution < 1.29 is 9.21 Å². The molecule has 6 N–H and O–H groups in total. The molecule has 0 bridgehead atoms. The number of benzene rings is 1. The summed E-state index contributed by atoms with van der Waals surface area (Å²) >= 11 is 0. The average Bonchev–Trinajstić information content (AvgIpc) is 2.39. The Balaban J connectivity index is 0.000000209. The molecule has 0 atom stereocenters. The highest BCUT2D eigenvalue weighted by Crippen LogP contribution is 2.06. The molecular formula is C10H12N4O3. The van der Waals surface area contributed by atoms with Crippen molar-refractivity contribution in [2.75, 3.05) is 0 Å². The highest BCUT2D eigenvalue weighted by Gasteiger charge is 1.95. The predicted octanol–water partition coefficient (Wildman–Crippen LogP) is -0.174. The Morgan fingerprint density at radius 1 is 1.12 bits per heavy atom. The number of hydrogen-bond donors (Lipinski definition) is 4. The van der Waals surface area contributed by atoms with Crippen molar-refractivity contribution in [1.29, 1.82) is 0 Å². The normalized spacial score (nSPS) is 9.06. The van der Waals surface area contributed by atoms with Gasteiger partial charge in [0.1, 0.15) is 5.58 Å². The lowest BCUT2D eigenvalue weighted by atomic mass is 10.2. The number of hydrogen-bond acceptors (Lipinski definition) is 5. The van der Waals surface area contributed by atoms with E-state index in [0.29, 0.717) is 11.0 Å². The Labute approximate surface area is 96.3 Å². The Morgan fingerprint density at radius 2 is 1.76 bits per heavy atom. The van der Waals surface area contributed by atoms with Crippen LogP contribution in [0, 0.1) is 0 Å². The van der Waals surface area contributed by atoms with Crippen LogP contribution in [-0.2, 0) is 0 Å².